The van der Waals surface area contributed by atoms with E-state index in [0.717, 1.165) is 61.2 Å². The SMILES string of the molecule is c1ccc(-c2nc(-c3ccccc3)nc(-c3cccc(-c4cccc(-c5ccc(C6(c7ccc8nc(-c9ccccc9)oc8c7)c7ccccc7-c7ccccc76)cc5)c4)c3)n2)cc1. The molecule has 0 radical (unpaired) electrons. The van der Waals surface area contributed by atoms with Gasteiger partial charge in [-0.15, -0.1) is 0 Å². The van der Waals surface area contributed by atoms with E-state index in [9.17, 15) is 0 Å². The van der Waals surface area contributed by atoms with Gasteiger partial charge in [0.15, 0.2) is 23.1 Å². The van der Waals surface area contributed by atoms with Crippen LogP contribution in [-0.4, -0.2) is 19.9 Å². The lowest BCUT2D eigenvalue weighted by molar-refractivity contribution is 0.618. The zero-order chi connectivity index (χ0) is 42.5. The van der Waals surface area contributed by atoms with Crippen molar-refractivity contribution >= 4 is 11.1 Å². The van der Waals surface area contributed by atoms with Crippen LogP contribution in [0.15, 0.2) is 235 Å². The Morgan fingerprint density at radius 3 is 1.31 bits per heavy atom. The average molecular weight is 819 g/mol. The Labute approximate surface area is 371 Å². The summed E-state index contributed by atoms with van der Waals surface area (Å²) in [6.45, 7) is 0. The van der Waals surface area contributed by atoms with Crippen LogP contribution in [0.4, 0.5) is 0 Å². The van der Waals surface area contributed by atoms with Gasteiger partial charge < -0.3 is 4.42 Å². The molecule has 5 heteroatoms. The molecule has 12 rings (SSSR count). The van der Waals surface area contributed by atoms with E-state index in [1.165, 1.54) is 27.8 Å². The number of hydrogen-bond acceptors (Lipinski definition) is 5. The highest BCUT2D eigenvalue weighted by molar-refractivity contribution is 5.88. The first-order valence-electron chi connectivity index (χ1n) is 21.5. The first kappa shape index (κ1) is 37.2. The summed E-state index contributed by atoms with van der Waals surface area (Å²) in [5.74, 6) is 2.53. The molecule has 2 aromatic heterocycles. The van der Waals surface area contributed by atoms with Crippen LogP contribution in [-0.2, 0) is 5.41 Å². The van der Waals surface area contributed by atoms with Crippen molar-refractivity contribution in [3.8, 4) is 79.0 Å². The summed E-state index contributed by atoms with van der Waals surface area (Å²) >= 11 is 0. The van der Waals surface area contributed by atoms with Gasteiger partial charge in [0.1, 0.15) is 5.52 Å². The van der Waals surface area contributed by atoms with Crippen LogP contribution < -0.4 is 0 Å². The second-order valence-electron chi connectivity index (χ2n) is 16.2. The molecule has 0 aliphatic heterocycles. The van der Waals surface area contributed by atoms with Crippen molar-refractivity contribution in [3.05, 3.63) is 253 Å². The third-order valence-electron chi connectivity index (χ3n) is 12.5. The first-order chi connectivity index (χ1) is 31.7. The molecule has 1 aliphatic rings. The topological polar surface area (TPSA) is 64.7 Å². The zero-order valence-corrected chi connectivity index (χ0v) is 34.6. The largest absolute Gasteiger partial charge is 0.436 e. The smallest absolute Gasteiger partial charge is 0.227 e. The van der Waals surface area contributed by atoms with Gasteiger partial charge >= 0.3 is 0 Å². The molecule has 1 aliphatic carbocycles. The average Bonchev–Trinajstić information content (AvgIpc) is 3.95. The van der Waals surface area contributed by atoms with E-state index in [4.69, 9.17) is 24.4 Å². The summed E-state index contributed by atoms with van der Waals surface area (Å²) in [4.78, 5) is 19.8. The van der Waals surface area contributed by atoms with Gasteiger partial charge in [-0.05, 0) is 92.0 Å². The van der Waals surface area contributed by atoms with Crippen LogP contribution in [0.2, 0.25) is 0 Å². The van der Waals surface area contributed by atoms with Crippen molar-refractivity contribution in [2.45, 2.75) is 5.41 Å². The van der Waals surface area contributed by atoms with E-state index >= 15 is 0 Å². The molecule has 300 valence electrons. The second kappa shape index (κ2) is 15.4. The standard InChI is InChI=1S/C59H38N4O/c1-4-16-40(17-5-1)55-61-56(41-18-6-2-7-19-41)63-57(62-55)46-25-15-24-45(37-46)44-23-14-22-43(36-44)39-30-32-47(33-31-39)59(51-28-12-10-26-49(51)50-27-11-13-29-52(50)59)48-34-35-53-54(38-48)64-58(60-53)42-20-8-3-9-21-42/h1-38H. The maximum absolute atomic E-state index is 6.49. The van der Waals surface area contributed by atoms with Gasteiger partial charge in [-0.3, -0.25) is 0 Å². The molecule has 0 unspecified atom stereocenters. The molecular formula is C59H38N4O. The number of benzene rings is 9. The summed E-state index contributed by atoms with van der Waals surface area (Å²) < 4.78 is 6.49. The molecule has 0 bridgehead atoms. The lowest BCUT2D eigenvalue weighted by Gasteiger charge is -2.34. The molecule has 0 saturated carbocycles. The van der Waals surface area contributed by atoms with E-state index in [1.54, 1.807) is 0 Å². The number of rotatable bonds is 8. The van der Waals surface area contributed by atoms with Crippen LogP contribution in [0.3, 0.4) is 0 Å². The number of fused-ring (bicyclic) bond motifs is 4. The monoisotopic (exact) mass is 818 g/mol. The summed E-state index contributed by atoms with van der Waals surface area (Å²) in [6.07, 6.45) is 0. The Bertz CT molecular complexity index is 3390. The molecule has 5 nitrogen and oxygen atoms in total. The molecule has 0 atom stereocenters. The molecule has 9 aromatic carbocycles. The van der Waals surface area contributed by atoms with Crippen LogP contribution in [0.25, 0.3) is 90.1 Å². The van der Waals surface area contributed by atoms with Gasteiger partial charge in [0.05, 0.1) is 5.41 Å². The summed E-state index contributed by atoms with van der Waals surface area (Å²) in [6, 6.07) is 80.8. The lowest BCUT2D eigenvalue weighted by Crippen LogP contribution is -2.28. The van der Waals surface area contributed by atoms with Crippen molar-refractivity contribution in [1.82, 2.24) is 19.9 Å². The van der Waals surface area contributed by atoms with E-state index < -0.39 is 5.41 Å². The molecule has 64 heavy (non-hydrogen) atoms. The number of hydrogen-bond donors (Lipinski definition) is 0. The second-order valence-corrected chi connectivity index (χ2v) is 16.2. The summed E-state index contributed by atoms with van der Waals surface area (Å²) in [5, 5.41) is 0. The Hall–Kier alpha value is -8.54. The van der Waals surface area contributed by atoms with Gasteiger partial charge in [0.2, 0.25) is 5.89 Å². The van der Waals surface area contributed by atoms with Gasteiger partial charge in [-0.25, -0.2) is 19.9 Å². The van der Waals surface area contributed by atoms with Crippen molar-refractivity contribution in [2.75, 3.05) is 0 Å². The predicted octanol–water partition coefficient (Wildman–Crippen LogP) is 14.4. The zero-order valence-electron chi connectivity index (χ0n) is 34.6. The minimum atomic E-state index is -0.586. The third kappa shape index (κ3) is 6.33. The molecule has 0 spiro atoms. The fourth-order valence-electron chi connectivity index (χ4n) is 9.45. The van der Waals surface area contributed by atoms with Crippen molar-refractivity contribution < 1.29 is 4.42 Å². The van der Waals surface area contributed by atoms with E-state index in [2.05, 4.69) is 140 Å². The van der Waals surface area contributed by atoms with Crippen LogP contribution in [0.1, 0.15) is 22.3 Å². The number of nitrogens with zero attached hydrogens (tertiary/aromatic N) is 4. The molecule has 2 heterocycles. The minimum Gasteiger partial charge on any atom is -0.436 e. The van der Waals surface area contributed by atoms with Crippen molar-refractivity contribution in [2.24, 2.45) is 0 Å². The highest BCUT2D eigenvalue weighted by atomic mass is 16.3. The Morgan fingerprint density at radius 2 is 0.734 bits per heavy atom. The lowest BCUT2D eigenvalue weighted by atomic mass is 9.67. The third-order valence-corrected chi connectivity index (χ3v) is 12.5. The molecule has 0 amide bonds. The molecule has 0 fully saturated rings. The molecular weight excluding hydrogens is 781 g/mol. The fourth-order valence-corrected chi connectivity index (χ4v) is 9.45. The fraction of sp³-hybridized carbons (Fsp3) is 0.0169. The predicted molar refractivity (Wildman–Crippen MR) is 257 cm³/mol. The Balaban J connectivity index is 0.930. The number of oxazole rings is 1. The van der Waals surface area contributed by atoms with Crippen LogP contribution >= 0.6 is 0 Å². The quantitative estimate of drug-likeness (QED) is 0.153. The van der Waals surface area contributed by atoms with Crippen LogP contribution in [0.5, 0.6) is 0 Å². The Kier molecular flexibility index (Phi) is 8.97. The number of aromatic nitrogens is 4. The van der Waals surface area contributed by atoms with Gasteiger partial charge in [0, 0.05) is 22.3 Å². The highest BCUT2D eigenvalue weighted by Gasteiger charge is 2.46. The summed E-state index contributed by atoms with van der Waals surface area (Å²) in [5.41, 5.74) is 16.5. The maximum Gasteiger partial charge on any atom is 0.227 e. The molecule has 11 aromatic rings. The maximum atomic E-state index is 6.49. The van der Waals surface area contributed by atoms with Crippen molar-refractivity contribution in [3.63, 3.8) is 0 Å². The first-order valence-corrected chi connectivity index (χ1v) is 21.5. The molecule has 0 N–H and O–H groups in total. The van der Waals surface area contributed by atoms with E-state index in [-0.39, 0.29) is 0 Å². The highest BCUT2D eigenvalue weighted by Crippen LogP contribution is 2.56. The van der Waals surface area contributed by atoms with Crippen molar-refractivity contribution in [1.29, 1.82) is 0 Å². The Morgan fingerprint density at radius 1 is 0.297 bits per heavy atom. The van der Waals surface area contributed by atoms with E-state index in [0.29, 0.717) is 23.4 Å². The molecule has 0 saturated heterocycles. The van der Waals surface area contributed by atoms with Gasteiger partial charge in [-0.1, -0.05) is 194 Å². The van der Waals surface area contributed by atoms with Gasteiger partial charge in [-0.2, -0.15) is 0 Å². The van der Waals surface area contributed by atoms with E-state index in [1.807, 2.05) is 91.0 Å². The normalized spacial score (nSPS) is 12.5. The van der Waals surface area contributed by atoms with Crippen LogP contribution in [0, 0.1) is 0 Å². The minimum absolute atomic E-state index is 0.586. The summed E-state index contributed by atoms with van der Waals surface area (Å²) in [7, 11) is 0. The van der Waals surface area contributed by atoms with Gasteiger partial charge in [0.25, 0.3) is 0 Å².